The summed E-state index contributed by atoms with van der Waals surface area (Å²) in [5, 5.41) is 33.3. The summed E-state index contributed by atoms with van der Waals surface area (Å²) in [5.74, 6) is -2.01. The number of hydrogen-bond acceptors (Lipinski definition) is 8. The van der Waals surface area contributed by atoms with Gasteiger partial charge in [0, 0.05) is 5.56 Å². The van der Waals surface area contributed by atoms with E-state index < -0.39 is 47.8 Å². The molecule has 3 aromatic rings. The zero-order valence-electron chi connectivity index (χ0n) is 14.0. The summed E-state index contributed by atoms with van der Waals surface area (Å²) in [6, 6.07) is 1.95. The SMILES string of the molecule is Nc1ncnc2c1c(-c1cc(F)c(Cl)c(F)c1)nn2[C@@H]1O[C@H](CO)[C@@H](O)[C@H]1O. The van der Waals surface area contributed by atoms with Crippen molar-refractivity contribution in [2.75, 3.05) is 12.3 Å². The summed E-state index contributed by atoms with van der Waals surface area (Å²) >= 11 is 5.53. The molecule has 0 radical (unpaired) electrons. The van der Waals surface area contributed by atoms with Crippen molar-refractivity contribution in [2.45, 2.75) is 24.5 Å². The highest BCUT2D eigenvalue weighted by atomic mass is 35.5. The molecule has 4 rings (SSSR count). The van der Waals surface area contributed by atoms with Gasteiger partial charge < -0.3 is 25.8 Å². The second-order valence-corrected chi connectivity index (χ2v) is 6.61. The fraction of sp³-hybridized carbons (Fsp3) is 0.312. The van der Waals surface area contributed by atoms with E-state index in [0.29, 0.717) is 0 Å². The van der Waals surface area contributed by atoms with Crippen molar-refractivity contribution >= 4 is 28.5 Å². The Labute approximate surface area is 161 Å². The number of aromatic nitrogens is 4. The minimum Gasteiger partial charge on any atom is -0.394 e. The molecule has 0 unspecified atom stereocenters. The van der Waals surface area contributed by atoms with Gasteiger partial charge in [-0.1, -0.05) is 11.6 Å². The molecule has 9 nitrogen and oxygen atoms in total. The first-order chi connectivity index (χ1) is 13.3. The smallest absolute Gasteiger partial charge is 0.181 e. The van der Waals surface area contributed by atoms with Crippen molar-refractivity contribution in [3.8, 4) is 11.3 Å². The summed E-state index contributed by atoms with van der Waals surface area (Å²) < 4.78 is 34.5. The van der Waals surface area contributed by atoms with Gasteiger partial charge in [0.05, 0.1) is 12.0 Å². The Morgan fingerprint density at radius 2 is 1.86 bits per heavy atom. The average Bonchev–Trinajstić information content (AvgIpc) is 3.19. The average molecular weight is 414 g/mol. The second-order valence-electron chi connectivity index (χ2n) is 6.23. The van der Waals surface area contributed by atoms with Crippen LogP contribution < -0.4 is 5.73 Å². The second kappa shape index (κ2) is 6.87. The Morgan fingerprint density at radius 3 is 2.46 bits per heavy atom. The van der Waals surface area contributed by atoms with E-state index in [0.717, 1.165) is 23.1 Å². The fourth-order valence-electron chi connectivity index (χ4n) is 3.15. The first-order valence-corrected chi connectivity index (χ1v) is 8.47. The number of hydrogen-bond donors (Lipinski definition) is 4. The van der Waals surface area contributed by atoms with Crippen LogP contribution in [0.3, 0.4) is 0 Å². The van der Waals surface area contributed by atoms with Crippen molar-refractivity contribution in [1.29, 1.82) is 0 Å². The topological polar surface area (TPSA) is 140 Å². The number of ether oxygens (including phenoxy) is 1. The van der Waals surface area contributed by atoms with Gasteiger partial charge in [0.2, 0.25) is 0 Å². The molecule has 1 aliphatic heterocycles. The van der Waals surface area contributed by atoms with Crippen LogP contribution >= 0.6 is 11.6 Å². The highest BCUT2D eigenvalue weighted by Crippen LogP contribution is 2.37. The van der Waals surface area contributed by atoms with E-state index in [9.17, 15) is 24.1 Å². The zero-order valence-corrected chi connectivity index (χ0v) is 14.8. The molecule has 0 spiro atoms. The number of anilines is 1. The molecule has 5 N–H and O–H groups in total. The predicted octanol–water partition coefficient (Wildman–Crippen LogP) is 0.619. The van der Waals surface area contributed by atoms with E-state index in [2.05, 4.69) is 15.1 Å². The maximum absolute atomic E-state index is 13.9. The number of nitrogens with zero attached hydrogens (tertiary/aromatic N) is 4. The lowest BCUT2D eigenvalue weighted by molar-refractivity contribution is -0.0565. The van der Waals surface area contributed by atoms with Gasteiger partial charge in [0.15, 0.2) is 11.9 Å². The maximum Gasteiger partial charge on any atom is 0.181 e. The highest BCUT2D eigenvalue weighted by molar-refractivity contribution is 6.31. The van der Waals surface area contributed by atoms with Crippen molar-refractivity contribution < 1.29 is 28.8 Å². The van der Waals surface area contributed by atoms with Gasteiger partial charge >= 0.3 is 0 Å². The van der Waals surface area contributed by atoms with E-state index in [1.165, 1.54) is 0 Å². The van der Waals surface area contributed by atoms with Crippen LogP contribution in [0.2, 0.25) is 5.02 Å². The molecule has 0 saturated carbocycles. The third kappa shape index (κ3) is 2.79. The maximum atomic E-state index is 13.9. The van der Waals surface area contributed by atoms with Gasteiger partial charge in [-0.2, -0.15) is 5.10 Å². The molecule has 4 atom stereocenters. The Kier molecular flexibility index (Phi) is 4.63. The molecule has 2 aromatic heterocycles. The molecule has 1 aromatic carbocycles. The van der Waals surface area contributed by atoms with Gasteiger partial charge in [-0.25, -0.2) is 23.4 Å². The lowest BCUT2D eigenvalue weighted by Crippen LogP contribution is -2.33. The number of aliphatic hydroxyl groups excluding tert-OH is 3. The lowest BCUT2D eigenvalue weighted by atomic mass is 10.1. The van der Waals surface area contributed by atoms with Crippen LogP contribution in [0.15, 0.2) is 18.5 Å². The number of nitrogen functional groups attached to an aromatic ring is 1. The molecule has 0 bridgehead atoms. The minimum atomic E-state index is -1.44. The predicted molar refractivity (Wildman–Crippen MR) is 93.1 cm³/mol. The van der Waals surface area contributed by atoms with E-state index in [4.69, 9.17) is 22.1 Å². The molecule has 0 amide bonds. The van der Waals surface area contributed by atoms with Crippen LogP contribution in [0.4, 0.5) is 14.6 Å². The van der Waals surface area contributed by atoms with Crippen molar-refractivity contribution in [3.63, 3.8) is 0 Å². The Balaban J connectivity index is 1.93. The number of halogens is 3. The number of aliphatic hydroxyl groups is 3. The molecule has 3 heterocycles. The van der Waals surface area contributed by atoms with Crippen LogP contribution in [-0.2, 0) is 4.74 Å². The molecule has 0 aliphatic carbocycles. The van der Waals surface area contributed by atoms with E-state index in [-0.39, 0.29) is 28.1 Å². The fourth-order valence-corrected chi connectivity index (χ4v) is 3.26. The van der Waals surface area contributed by atoms with Crippen molar-refractivity contribution in [1.82, 2.24) is 19.7 Å². The largest absolute Gasteiger partial charge is 0.394 e. The van der Waals surface area contributed by atoms with E-state index >= 15 is 0 Å². The monoisotopic (exact) mass is 413 g/mol. The Bertz CT molecular complexity index is 1040. The minimum absolute atomic E-state index is 0.0105. The number of nitrogens with two attached hydrogens (primary N) is 1. The third-order valence-corrected chi connectivity index (χ3v) is 4.89. The summed E-state index contributed by atoms with van der Waals surface area (Å²) in [4.78, 5) is 7.93. The Morgan fingerprint density at radius 1 is 1.18 bits per heavy atom. The van der Waals surface area contributed by atoms with E-state index in [1.54, 1.807) is 0 Å². The molecule has 1 saturated heterocycles. The van der Waals surface area contributed by atoms with E-state index in [1.807, 2.05) is 0 Å². The summed E-state index contributed by atoms with van der Waals surface area (Å²) in [5.41, 5.74) is 6.06. The number of rotatable bonds is 3. The van der Waals surface area contributed by atoms with Crippen LogP contribution in [0, 0.1) is 11.6 Å². The van der Waals surface area contributed by atoms with Gasteiger partial charge in [-0.15, -0.1) is 0 Å². The van der Waals surface area contributed by atoms with Gasteiger partial charge in [-0.3, -0.25) is 0 Å². The lowest BCUT2D eigenvalue weighted by Gasteiger charge is -2.15. The highest BCUT2D eigenvalue weighted by Gasteiger charge is 2.45. The normalized spacial score (nSPS) is 24.9. The summed E-state index contributed by atoms with van der Waals surface area (Å²) in [6.45, 7) is -0.536. The molecular weight excluding hydrogens is 400 g/mol. The molecule has 12 heteroatoms. The van der Waals surface area contributed by atoms with Crippen LogP contribution in [0.5, 0.6) is 0 Å². The van der Waals surface area contributed by atoms with Crippen LogP contribution in [0.25, 0.3) is 22.3 Å². The standard InChI is InChI=1S/C16H14ClF2N5O4/c17-10-6(18)1-5(2-7(10)19)11-9-14(20)21-4-22-15(9)24(23-11)16-13(27)12(26)8(3-25)28-16/h1-2,4,8,12-13,16,25-27H,3H2,(H2,20,21,22)/t8-,12-,13-,16-/m1/s1. The van der Waals surface area contributed by atoms with Gasteiger partial charge in [0.25, 0.3) is 0 Å². The quantitative estimate of drug-likeness (QED) is 0.458. The number of benzene rings is 1. The molecular formula is C16H14ClF2N5O4. The van der Waals surface area contributed by atoms with Gasteiger partial charge in [-0.05, 0) is 12.1 Å². The zero-order chi connectivity index (χ0) is 20.2. The number of fused-ring (bicyclic) bond motifs is 1. The third-order valence-electron chi connectivity index (χ3n) is 4.53. The molecule has 28 heavy (non-hydrogen) atoms. The molecule has 148 valence electrons. The first kappa shape index (κ1) is 18.9. The molecule has 1 fully saturated rings. The van der Waals surface area contributed by atoms with Crippen molar-refractivity contribution in [2.24, 2.45) is 0 Å². The summed E-state index contributed by atoms with van der Waals surface area (Å²) in [6.07, 6.45) is -3.94. The van der Waals surface area contributed by atoms with Gasteiger partial charge in [0.1, 0.15) is 52.8 Å². The van der Waals surface area contributed by atoms with Crippen LogP contribution in [-0.4, -0.2) is 60.0 Å². The Hall–Kier alpha value is -2.44. The molecule has 1 aliphatic rings. The van der Waals surface area contributed by atoms with Crippen molar-refractivity contribution in [3.05, 3.63) is 35.1 Å². The first-order valence-electron chi connectivity index (χ1n) is 8.09. The summed E-state index contributed by atoms with van der Waals surface area (Å²) in [7, 11) is 0. The van der Waals surface area contributed by atoms with Crippen LogP contribution in [0.1, 0.15) is 6.23 Å².